The minimum absolute atomic E-state index is 0.0659. The molecular weight excluding hydrogens is 344 g/mol. The number of hydrogen-bond donors (Lipinski definition) is 2. The molecule has 0 aliphatic carbocycles. The van der Waals surface area contributed by atoms with Crippen molar-refractivity contribution in [3.05, 3.63) is 54.8 Å². The lowest BCUT2D eigenvalue weighted by Crippen LogP contribution is -2.23. The number of nitro groups is 1. The molecule has 0 aromatic carbocycles. The maximum atomic E-state index is 12.1. The Kier molecular flexibility index (Phi) is 4.29. The van der Waals surface area contributed by atoms with Crippen molar-refractivity contribution in [1.29, 1.82) is 0 Å². The maximum Gasteiger partial charge on any atom is 0.289 e. The molecule has 0 radical (unpaired) electrons. The van der Waals surface area contributed by atoms with Crippen molar-refractivity contribution >= 4 is 27.4 Å². The van der Waals surface area contributed by atoms with Gasteiger partial charge in [0, 0.05) is 5.56 Å². The lowest BCUT2D eigenvalue weighted by Gasteiger charge is -2.08. The van der Waals surface area contributed by atoms with Crippen LogP contribution in [0.5, 0.6) is 0 Å². The average molecular weight is 355 g/mol. The topological polar surface area (TPSA) is 129 Å². The number of nitrogens with two attached hydrogens (primary N) is 1. The number of anilines is 1. The average Bonchev–Trinajstić information content (AvgIpc) is 2.48. The lowest BCUT2D eigenvalue weighted by atomic mass is 10.2. The predicted molar refractivity (Wildman–Crippen MR) is 78.7 cm³/mol. The van der Waals surface area contributed by atoms with Crippen LogP contribution in [0.15, 0.2) is 27.9 Å². The molecule has 0 saturated carbocycles. The Morgan fingerprint density at radius 3 is 2.71 bits per heavy atom. The summed E-state index contributed by atoms with van der Waals surface area (Å²) in [6.07, 6.45) is 4.03. The van der Waals surface area contributed by atoms with Crippen LogP contribution >= 0.6 is 15.9 Å². The quantitative estimate of drug-likeness (QED) is 0.475. The number of aromatic nitrogens is 3. The van der Waals surface area contributed by atoms with E-state index in [1.165, 1.54) is 30.1 Å². The third-order valence-electron chi connectivity index (χ3n) is 2.82. The van der Waals surface area contributed by atoms with E-state index in [1.807, 2.05) is 0 Å². The monoisotopic (exact) mass is 354 g/mol. The molecule has 0 saturated heterocycles. The molecule has 2 rings (SSSR count). The van der Waals surface area contributed by atoms with E-state index < -0.39 is 4.92 Å². The van der Waals surface area contributed by atoms with Crippen LogP contribution in [-0.2, 0) is 6.54 Å². The van der Waals surface area contributed by atoms with Crippen LogP contribution in [0.1, 0.15) is 11.3 Å². The van der Waals surface area contributed by atoms with Crippen LogP contribution in [0.4, 0.5) is 11.5 Å². The fraction of sp³-hybridized carbons (Fsp3) is 0.182. The van der Waals surface area contributed by atoms with Gasteiger partial charge in [0.15, 0.2) is 5.82 Å². The highest BCUT2D eigenvalue weighted by atomic mass is 79.9. The van der Waals surface area contributed by atoms with Crippen LogP contribution in [0.3, 0.4) is 0 Å². The van der Waals surface area contributed by atoms with Gasteiger partial charge in [0.2, 0.25) is 0 Å². The molecule has 0 unspecified atom stereocenters. The van der Waals surface area contributed by atoms with Crippen LogP contribution in [0.25, 0.3) is 0 Å². The zero-order valence-electron chi connectivity index (χ0n) is 10.9. The summed E-state index contributed by atoms with van der Waals surface area (Å²) >= 11 is 3.08. The molecule has 2 heterocycles. The van der Waals surface area contributed by atoms with Crippen LogP contribution in [0.2, 0.25) is 0 Å². The summed E-state index contributed by atoms with van der Waals surface area (Å²) in [5, 5.41) is 11.0. The molecule has 0 amide bonds. The van der Waals surface area contributed by atoms with E-state index in [0.717, 1.165) is 0 Å². The fourth-order valence-electron chi connectivity index (χ4n) is 1.69. The summed E-state index contributed by atoms with van der Waals surface area (Å²) in [5.41, 5.74) is 2.57. The molecule has 3 N–H and O–H groups in total. The summed E-state index contributed by atoms with van der Waals surface area (Å²) < 4.78 is 1.36. The van der Waals surface area contributed by atoms with Crippen molar-refractivity contribution in [1.82, 2.24) is 14.5 Å². The Labute approximate surface area is 127 Å². The summed E-state index contributed by atoms with van der Waals surface area (Å²) in [6, 6.07) is 0. The first-order valence-corrected chi connectivity index (χ1v) is 6.54. The van der Waals surface area contributed by atoms with Crippen molar-refractivity contribution in [2.45, 2.75) is 13.5 Å². The van der Waals surface area contributed by atoms with E-state index in [0.29, 0.717) is 11.5 Å². The smallest absolute Gasteiger partial charge is 0.289 e. The number of hydrazine groups is 1. The number of pyridine rings is 1. The Hall–Kier alpha value is -2.33. The second kappa shape index (κ2) is 5.97. The van der Waals surface area contributed by atoms with Gasteiger partial charge in [-0.15, -0.1) is 0 Å². The third-order valence-corrected chi connectivity index (χ3v) is 3.76. The molecule has 0 spiro atoms. The van der Waals surface area contributed by atoms with Crippen LogP contribution in [-0.4, -0.2) is 19.5 Å². The standard InChI is InChI=1S/C11H11BrN6O3/c1-6-8(18(20)21)5-17(11(19)10(6)12)4-7-2-15-9(16-13)3-14-7/h2-3,5H,4,13H2,1H3,(H,15,16). The minimum Gasteiger partial charge on any atom is -0.307 e. The van der Waals surface area contributed by atoms with Gasteiger partial charge in [-0.25, -0.2) is 10.8 Å². The summed E-state index contributed by atoms with van der Waals surface area (Å²) in [6.45, 7) is 1.58. The first-order valence-electron chi connectivity index (χ1n) is 5.75. The molecule has 10 heteroatoms. The summed E-state index contributed by atoms with van der Waals surface area (Å²) in [5.74, 6) is 5.55. The number of nitrogens with one attached hydrogen (secondary N) is 1. The molecule has 2 aromatic heterocycles. The Balaban J connectivity index is 2.43. The Morgan fingerprint density at radius 1 is 1.48 bits per heavy atom. The molecule has 0 aliphatic rings. The van der Waals surface area contributed by atoms with Gasteiger partial charge in [-0.2, -0.15) is 0 Å². The number of hydrogen-bond acceptors (Lipinski definition) is 7. The number of rotatable bonds is 4. The van der Waals surface area contributed by atoms with Gasteiger partial charge >= 0.3 is 0 Å². The highest BCUT2D eigenvalue weighted by Gasteiger charge is 2.18. The van der Waals surface area contributed by atoms with Crippen molar-refractivity contribution in [2.24, 2.45) is 5.84 Å². The van der Waals surface area contributed by atoms with Crippen LogP contribution in [0, 0.1) is 17.0 Å². The van der Waals surface area contributed by atoms with Crippen LogP contribution < -0.4 is 16.8 Å². The van der Waals surface area contributed by atoms with E-state index in [4.69, 9.17) is 5.84 Å². The van der Waals surface area contributed by atoms with Gasteiger partial charge in [-0.1, -0.05) is 0 Å². The highest BCUT2D eigenvalue weighted by molar-refractivity contribution is 9.10. The third kappa shape index (κ3) is 3.06. The molecule has 21 heavy (non-hydrogen) atoms. The second-order valence-electron chi connectivity index (χ2n) is 4.18. The lowest BCUT2D eigenvalue weighted by molar-refractivity contribution is -0.386. The van der Waals surface area contributed by atoms with Gasteiger partial charge in [-0.3, -0.25) is 19.9 Å². The summed E-state index contributed by atoms with van der Waals surface area (Å²) in [4.78, 5) is 30.6. The van der Waals surface area contributed by atoms with Crippen molar-refractivity contribution in [3.63, 3.8) is 0 Å². The van der Waals surface area contributed by atoms with E-state index in [1.54, 1.807) is 0 Å². The van der Waals surface area contributed by atoms with Gasteiger partial charge < -0.3 is 9.99 Å². The van der Waals surface area contributed by atoms with Gasteiger partial charge in [-0.05, 0) is 22.9 Å². The van der Waals surface area contributed by atoms with E-state index in [2.05, 4.69) is 31.3 Å². The zero-order valence-corrected chi connectivity index (χ0v) is 12.5. The normalized spacial score (nSPS) is 10.4. The zero-order chi connectivity index (χ0) is 15.6. The molecule has 0 aliphatic heterocycles. The van der Waals surface area contributed by atoms with Crippen molar-refractivity contribution in [3.8, 4) is 0 Å². The first-order chi connectivity index (χ1) is 9.93. The highest BCUT2D eigenvalue weighted by Crippen LogP contribution is 2.22. The molecule has 9 nitrogen and oxygen atoms in total. The van der Waals surface area contributed by atoms with Crippen molar-refractivity contribution < 1.29 is 4.92 Å². The largest absolute Gasteiger partial charge is 0.307 e. The van der Waals surface area contributed by atoms with E-state index in [9.17, 15) is 14.9 Å². The SMILES string of the molecule is Cc1c([N+](=O)[O-])cn(Cc2cnc(NN)cn2)c(=O)c1Br. The van der Waals surface area contributed by atoms with Gasteiger partial charge in [0.25, 0.3) is 11.2 Å². The maximum absolute atomic E-state index is 12.1. The number of nitrogen functional groups attached to an aromatic ring is 1. The molecule has 110 valence electrons. The minimum atomic E-state index is -0.539. The van der Waals surface area contributed by atoms with Crippen molar-refractivity contribution in [2.75, 3.05) is 5.43 Å². The molecule has 2 aromatic rings. The van der Waals surface area contributed by atoms with Gasteiger partial charge in [0.05, 0.1) is 40.2 Å². The Morgan fingerprint density at radius 2 is 2.19 bits per heavy atom. The number of halogens is 1. The van der Waals surface area contributed by atoms with E-state index >= 15 is 0 Å². The summed E-state index contributed by atoms with van der Waals surface area (Å²) in [7, 11) is 0. The predicted octanol–water partition coefficient (Wildman–Crippen LogP) is 0.951. The molecular formula is C11H11BrN6O3. The Bertz CT molecular complexity index is 743. The second-order valence-corrected chi connectivity index (χ2v) is 4.97. The molecule has 0 atom stereocenters. The first kappa shape index (κ1) is 15.1. The number of nitrogens with zero attached hydrogens (tertiary/aromatic N) is 4. The fourth-order valence-corrected chi connectivity index (χ4v) is 2.12. The molecule has 0 bridgehead atoms. The van der Waals surface area contributed by atoms with Gasteiger partial charge in [0.1, 0.15) is 0 Å². The molecule has 0 fully saturated rings. The van der Waals surface area contributed by atoms with E-state index in [-0.39, 0.29) is 27.8 Å².